The first-order valence-corrected chi connectivity index (χ1v) is 9.18. The number of aliphatic hydroxyl groups is 3. The summed E-state index contributed by atoms with van der Waals surface area (Å²) in [7, 11) is 3.13. The summed E-state index contributed by atoms with van der Waals surface area (Å²) in [6.07, 6.45) is 0.144. The monoisotopic (exact) mass is 412 g/mol. The fourth-order valence-corrected chi connectivity index (χ4v) is 4.69. The maximum Gasteiger partial charge on any atom is 0.256 e. The lowest BCUT2D eigenvalue weighted by molar-refractivity contribution is -0.124. The summed E-state index contributed by atoms with van der Waals surface area (Å²) < 4.78 is 0. The molecular weight excluding hydrogens is 392 g/mol. The number of hydrogen-bond acceptors (Lipinski definition) is 8. The van der Waals surface area contributed by atoms with E-state index in [0.29, 0.717) is 11.1 Å². The molecule has 6 N–H and O–H groups in total. The van der Waals surface area contributed by atoms with Crippen molar-refractivity contribution in [1.29, 1.82) is 0 Å². The fraction of sp³-hybridized carbons (Fsp3) is 0.286. The number of primary amides is 1. The molecule has 9 nitrogen and oxygen atoms in total. The van der Waals surface area contributed by atoms with Crippen LogP contribution in [0.3, 0.4) is 0 Å². The molecule has 1 unspecified atom stereocenters. The fourth-order valence-electron chi connectivity index (χ4n) is 4.69. The molecule has 4 rings (SSSR count). The number of nitrogens with two attached hydrogens (primary N) is 1. The van der Waals surface area contributed by atoms with Gasteiger partial charge in [-0.2, -0.15) is 0 Å². The zero-order valence-electron chi connectivity index (χ0n) is 16.3. The van der Waals surface area contributed by atoms with E-state index >= 15 is 0 Å². The van der Waals surface area contributed by atoms with Crippen LogP contribution in [0.5, 0.6) is 5.75 Å². The van der Waals surface area contributed by atoms with E-state index in [1.165, 1.54) is 11.0 Å². The number of allylic oxidation sites excluding steroid dienone is 1. The highest BCUT2D eigenvalue weighted by Crippen LogP contribution is 2.49. The lowest BCUT2D eigenvalue weighted by Gasteiger charge is -2.42. The number of Topliss-reactive ketones (excluding diaryl/α,β-unsaturated/α-hetero) is 2. The van der Waals surface area contributed by atoms with E-state index in [0.717, 1.165) is 0 Å². The number of aliphatic hydroxyl groups excluding tert-OH is 1. The van der Waals surface area contributed by atoms with Crippen LogP contribution in [0.2, 0.25) is 0 Å². The molecule has 0 aromatic heterocycles. The van der Waals surface area contributed by atoms with E-state index in [9.17, 15) is 34.8 Å². The minimum Gasteiger partial charge on any atom is -0.507 e. The summed E-state index contributed by atoms with van der Waals surface area (Å²) in [6, 6.07) is 3.46. The lowest BCUT2D eigenvalue weighted by Crippen LogP contribution is -2.51. The number of likely N-dealkylation sites (N-methyl/N-ethyl adjacent to an activating group) is 1. The van der Waals surface area contributed by atoms with Crippen molar-refractivity contribution in [2.75, 3.05) is 14.1 Å². The van der Waals surface area contributed by atoms with Gasteiger partial charge in [0, 0.05) is 0 Å². The van der Waals surface area contributed by atoms with Gasteiger partial charge in [0.25, 0.3) is 5.91 Å². The van der Waals surface area contributed by atoms with Gasteiger partial charge in [-0.15, -0.1) is 0 Å². The van der Waals surface area contributed by atoms with Gasteiger partial charge in [-0.25, -0.2) is 0 Å². The zero-order chi connectivity index (χ0) is 22.1. The molecule has 0 fully saturated rings. The van der Waals surface area contributed by atoms with Gasteiger partial charge < -0.3 is 26.2 Å². The van der Waals surface area contributed by atoms with E-state index in [1.807, 2.05) is 0 Å². The molecule has 0 bridgehead atoms. The molecular formula is C21H20N2O7. The Balaban J connectivity index is 1.97. The Morgan fingerprint density at radius 2 is 1.80 bits per heavy atom. The minimum absolute atomic E-state index is 0.000931. The Kier molecular flexibility index (Phi) is 4.25. The van der Waals surface area contributed by atoms with Crippen molar-refractivity contribution in [3.8, 4) is 5.75 Å². The zero-order valence-corrected chi connectivity index (χ0v) is 16.3. The summed E-state index contributed by atoms with van der Waals surface area (Å²) in [5.74, 6) is -7.02. The van der Waals surface area contributed by atoms with Crippen LogP contribution in [-0.4, -0.2) is 68.7 Å². The minimum atomic E-state index is -2.99. The number of hydrogen-bond donors (Lipinski definition) is 5. The van der Waals surface area contributed by atoms with Crippen LogP contribution in [-0.2, 0) is 16.0 Å². The number of nitrogens with zero attached hydrogens (tertiary/aromatic N) is 1. The number of benzene rings is 1. The Hall–Kier alpha value is -3.27. The third-order valence-corrected chi connectivity index (χ3v) is 5.82. The molecule has 3 aliphatic carbocycles. The molecule has 3 aliphatic rings. The van der Waals surface area contributed by atoms with Crippen molar-refractivity contribution in [3.63, 3.8) is 0 Å². The molecule has 1 aromatic carbocycles. The maximum absolute atomic E-state index is 13.1. The van der Waals surface area contributed by atoms with Crippen molar-refractivity contribution in [2.24, 2.45) is 5.73 Å². The summed E-state index contributed by atoms with van der Waals surface area (Å²) >= 11 is 0. The molecule has 9 heteroatoms. The van der Waals surface area contributed by atoms with Gasteiger partial charge in [-0.05, 0) is 49.7 Å². The number of fused-ring (bicyclic) bond motifs is 1. The quantitative estimate of drug-likeness (QED) is 0.324. The Labute approximate surface area is 171 Å². The third-order valence-electron chi connectivity index (χ3n) is 5.82. The van der Waals surface area contributed by atoms with Crippen LogP contribution in [0.15, 0.2) is 51.8 Å². The smallest absolute Gasteiger partial charge is 0.256 e. The normalized spacial score (nSPS) is 22.9. The highest BCUT2D eigenvalue weighted by atomic mass is 16.5. The van der Waals surface area contributed by atoms with Crippen molar-refractivity contribution in [1.82, 2.24) is 4.90 Å². The summed E-state index contributed by atoms with van der Waals surface area (Å²) in [5, 5.41) is 42.9. The van der Waals surface area contributed by atoms with Crippen molar-refractivity contribution in [3.05, 3.63) is 63.0 Å². The van der Waals surface area contributed by atoms with E-state index in [4.69, 9.17) is 5.73 Å². The molecule has 0 radical (unpaired) electrons. The Morgan fingerprint density at radius 1 is 1.13 bits per heavy atom. The number of ketones is 2. The van der Waals surface area contributed by atoms with Crippen LogP contribution in [0.25, 0.3) is 0 Å². The summed E-state index contributed by atoms with van der Waals surface area (Å²) in [4.78, 5) is 39.3. The van der Waals surface area contributed by atoms with Crippen LogP contribution >= 0.6 is 0 Å². The Bertz CT molecular complexity index is 1140. The summed E-state index contributed by atoms with van der Waals surface area (Å²) in [5.41, 5.74) is 4.60. The van der Waals surface area contributed by atoms with Crippen molar-refractivity contribution >= 4 is 17.5 Å². The van der Waals surface area contributed by atoms with Crippen LogP contribution in [0.4, 0.5) is 0 Å². The average molecular weight is 412 g/mol. The van der Waals surface area contributed by atoms with Gasteiger partial charge in [0.1, 0.15) is 17.1 Å². The van der Waals surface area contributed by atoms with Crippen LogP contribution < -0.4 is 5.73 Å². The summed E-state index contributed by atoms with van der Waals surface area (Å²) in [6.45, 7) is 0. The van der Waals surface area contributed by atoms with Gasteiger partial charge in [0.15, 0.2) is 11.6 Å². The molecule has 0 heterocycles. The molecule has 156 valence electrons. The number of phenolic OH excluding ortho intramolecular Hbond substituents is 1. The predicted octanol–water partition coefficient (Wildman–Crippen LogP) is -0.381. The molecule has 0 aliphatic heterocycles. The van der Waals surface area contributed by atoms with Crippen molar-refractivity contribution in [2.45, 2.75) is 24.7 Å². The second-order valence-corrected chi connectivity index (χ2v) is 7.86. The highest BCUT2D eigenvalue weighted by Gasteiger charge is 2.54. The number of aromatic hydroxyl groups is 1. The Morgan fingerprint density at radius 3 is 2.40 bits per heavy atom. The molecule has 0 saturated carbocycles. The number of carbonyl (C=O) groups is 3. The second-order valence-electron chi connectivity index (χ2n) is 7.86. The molecule has 30 heavy (non-hydrogen) atoms. The largest absolute Gasteiger partial charge is 0.507 e. The standard InChI is InChI=1S/C21H20N2O7/c1-23(2)16-10-7-9-6-8-4-3-5-11(24)12(8)17(25)14(9)21(29,30)15(10)18(26)13(19(16)27)20(22)28/h3-5,16,24,26,29-30H,6-7H2,1-2H3,(H2,22,28). The van der Waals surface area contributed by atoms with E-state index in [1.54, 1.807) is 26.2 Å². The third kappa shape index (κ3) is 2.49. The van der Waals surface area contributed by atoms with Crippen LogP contribution in [0, 0.1) is 0 Å². The number of amides is 1. The number of carbonyl (C=O) groups excluding carboxylic acids is 3. The molecule has 0 spiro atoms. The predicted molar refractivity (Wildman–Crippen MR) is 103 cm³/mol. The van der Waals surface area contributed by atoms with E-state index < -0.39 is 51.8 Å². The molecule has 1 atom stereocenters. The van der Waals surface area contributed by atoms with Crippen molar-refractivity contribution < 1.29 is 34.8 Å². The number of phenols is 1. The first-order chi connectivity index (χ1) is 14.0. The SMILES string of the molecule is CN(C)C1C(=O)C(C(N)=O)=C(O)C2=C1CC1=C(C(=O)c3c(O)cccc3C1)C2(O)O. The van der Waals surface area contributed by atoms with Crippen LogP contribution in [0.1, 0.15) is 22.3 Å². The molecule has 0 saturated heterocycles. The molecule has 1 aromatic rings. The number of rotatable bonds is 2. The lowest BCUT2D eigenvalue weighted by atomic mass is 9.68. The highest BCUT2D eigenvalue weighted by molar-refractivity contribution is 6.24. The van der Waals surface area contributed by atoms with Gasteiger partial charge in [0.05, 0.1) is 22.8 Å². The van der Waals surface area contributed by atoms with E-state index in [-0.39, 0.29) is 29.7 Å². The van der Waals surface area contributed by atoms with Gasteiger partial charge in [-0.3, -0.25) is 19.3 Å². The van der Waals surface area contributed by atoms with Gasteiger partial charge in [-0.1, -0.05) is 12.1 Å². The molecule has 1 amide bonds. The topological polar surface area (TPSA) is 161 Å². The second kappa shape index (κ2) is 6.36. The van der Waals surface area contributed by atoms with E-state index in [2.05, 4.69) is 0 Å². The van der Waals surface area contributed by atoms with Gasteiger partial charge in [0.2, 0.25) is 5.79 Å². The first-order valence-electron chi connectivity index (χ1n) is 9.18. The first kappa shape index (κ1) is 20.0. The maximum atomic E-state index is 13.1. The average Bonchev–Trinajstić information content (AvgIpc) is 2.59. The van der Waals surface area contributed by atoms with Gasteiger partial charge >= 0.3 is 0 Å².